The van der Waals surface area contributed by atoms with Gasteiger partial charge in [-0.15, -0.1) is 0 Å². The van der Waals surface area contributed by atoms with Crippen molar-refractivity contribution in [3.05, 3.63) is 65.3 Å². The highest BCUT2D eigenvalue weighted by Gasteiger charge is 2.02. The van der Waals surface area contributed by atoms with Gasteiger partial charge in [0, 0.05) is 28.8 Å². The molecule has 0 saturated heterocycles. The topological polar surface area (TPSA) is 57.9 Å². The van der Waals surface area contributed by atoms with E-state index in [0.29, 0.717) is 23.7 Å². The third-order valence-electron chi connectivity index (χ3n) is 3.37. The Balaban J connectivity index is 1.59. The lowest BCUT2D eigenvalue weighted by molar-refractivity contribution is 0.333. The third-order valence-corrected chi connectivity index (χ3v) is 3.61. The van der Waals surface area contributed by atoms with Crippen molar-refractivity contribution in [1.82, 2.24) is 4.98 Å². The summed E-state index contributed by atoms with van der Waals surface area (Å²) in [5.74, 6) is 0.747. The molecule has 0 aliphatic heterocycles. The van der Waals surface area contributed by atoms with Crippen LogP contribution in [0.3, 0.4) is 0 Å². The molecule has 1 aromatic heterocycles. The summed E-state index contributed by atoms with van der Waals surface area (Å²) in [5.41, 5.74) is 2.47. The van der Waals surface area contributed by atoms with Crippen LogP contribution in [-0.2, 0) is 0 Å². The summed E-state index contributed by atoms with van der Waals surface area (Å²) in [6.45, 7) is 1.17. The molecule has 0 saturated carbocycles. The van der Waals surface area contributed by atoms with Crippen molar-refractivity contribution >= 4 is 28.2 Å². The molecule has 3 rings (SSSR count). The second-order valence-electron chi connectivity index (χ2n) is 4.93. The molecule has 23 heavy (non-hydrogen) atoms. The Kier molecular flexibility index (Phi) is 4.60. The highest BCUT2D eigenvalue weighted by molar-refractivity contribution is 6.31. The first-order valence-electron chi connectivity index (χ1n) is 7.17. The Morgan fingerprint density at radius 2 is 1.96 bits per heavy atom. The Morgan fingerprint density at radius 1 is 1.13 bits per heavy atom. The van der Waals surface area contributed by atoms with Crippen molar-refractivity contribution in [2.75, 3.05) is 18.5 Å². The average Bonchev–Trinajstić information content (AvgIpc) is 2.59. The van der Waals surface area contributed by atoms with Crippen LogP contribution in [-0.4, -0.2) is 18.1 Å². The van der Waals surface area contributed by atoms with Gasteiger partial charge in [0.1, 0.15) is 12.4 Å². The van der Waals surface area contributed by atoms with Crippen molar-refractivity contribution in [3.63, 3.8) is 0 Å². The quantitative estimate of drug-likeness (QED) is 0.713. The van der Waals surface area contributed by atoms with E-state index in [1.807, 2.05) is 24.3 Å². The summed E-state index contributed by atoms with van der Waals surface area (Å²) < 4.78 is 5.65. The molecule has 0 bridgehead atoms. The molecule has 0 spiro atoms. The smallest absolute Gasteiger partial charge is 0.119 e. The van der Waals surface area contributed by atoms with E-state index in [1.165, 1.54) is 0 Å². The van der Waals surface area contributed by atoms with Crippen molar-refractivity contribution in [3.8, 4) is 11.8 Å². The van der Waals surface area contributed by atoms with Crippen LogP contribution >= 0.6 is 11.6 Å². The zero-order chi connectivity index (χ0) is 16.1. The van der Waals surface area contributed by atoms with Crippen LogP contribution in [0.1, 0.15) is 5.56 Å². The van der Waals surface area contributed by atoms with E-state index in [-0.39, 0.29) is 0 Å². The fourth-order valence-electron chi connectivity index (χ4n) is 2.26. The van der Waals surface area contributed by atoms with E-state index in [1.54, 1.807) is 30.5 Å². The molecular weight excluding hydrogens is 310 g/mol. The second-order valence-corrected chi connectivity index (χ2v) is 5.37. The number of nitrogens with one attached hydrogen (secondary N) is 1. The number of hydrogen-bond acceptors (Lipinski definition) is 4. The fourth-order valence-corrected chi connectivity index (χ4v) is 2.42. The number of anilines is 1. The lowest BCUT2D eigenvalue weighted by Gasteiger charge is -2.10. The highest BCUT2D eigenvalue weighted by atomic mass is 35.5. The van der Waals surface area contributed by atoms with Gasteiger partial charge in [0.05, 0.1) is 17.1 Å². The second kappa shape index (κ2) is 6.99. The van der Waals surface area contributed by atoms with E-state index in [2.05, 4.69) is 16.4 Å². The molecule has 0 amide bonds. The molecule has 0 aliphatic rings. The monoisotopic (exact) mass is 323 g/mol. The number of pyridine rings is 1. The maximum absolute atomic E-state index is 8.76. The lowest BCUT2D eigenvalue weighted by atomic mass is 10.2. The van der Waals surface area contributed by atoms with Crippen molar-refractivity contribution in [2.24, 2.45) is 0 Å². The van der Waals surface area contributed by atoms with E-state index < -0.39 is 0 Å². The van der Waals surface area contributed by atoms with Crippen LogP contribution in [0.15, 0.2) is 54.7 Å². The van der Waals surface area contributed by atoms with Gasteiger partial charge < -0.3 is 10.1 Å². The van der Waals surface area contributed by atoms with Gasteiger partial charge in [0.2, 0.25) is 0 Å². The lowest BCUT2D eigenvalue weighted by Crippen LogP contribution is -2.11. The van der Waals surface area contributed by atoms with Crippen LogP contribution in [0, 0.1) is 11.3 Å². The number of ether oxygens (including phenoxy) is 1. The number of hydrogen-bond donors (Lipinski definition) is 1. The van der Waals surface area contributed by atoms with Gasteiger partial charge in [0.15, 0.2) is 0 Å². The normalized spacial score (nSPS) is 10.3. The summed E-state index contributed by atoms with van der Waals surface area (Å²) >= 11 is 5.99. The maximum atomic E-state index is 8.76. The number of aromatic nitrogens is 1. The zero-order valence-corrected chi connectivity index (χ0v) is 13.0. The highest BCUT2D eigenvalue weighted by Crippen LogP contribution is 2.24. The Morgan fingerprint density at radius 3 is 2.74 bits per heavy atom. The minimum absolute atomic E-state index is 0.517. The molecule has 0 aliphatic carbocycles. The molecule has 2 aromatic carbocycles. The van der Waals surface area contributed by atoms with Crippen LogP contribution in [0.4, 0.5) is 5.69 Å². The Bertz CT molecular complexity index is 856. The fraction of sp³-hybridized carbons (Fsp3) is 0.111. The van der Waals surface area contributed by atoms with Gasteiger partial charge in [-0.05, 0) is 48.5 Å². The number of fused-ring (bicyclic) bond motifs is 1. The molecule has 0 radical (unpaired) electrons. The molecule has 114 valence electrons. The predicted octanol–water partition coefficient (Wildman–Crippen LogP) is 4.25. The Labute approximate surface area is 139 Å². The van der Waals surface area contributed by atoms with E-state index in [0.717, 1.165) is 22.3 Å². The number of halogens is 1. The number of rotatable bonds is 5. The van der Waals surface area contributed by atoms with Gasteiger partial charge in [-0.2, -0.15) is 5.26 Å². The first-order chi connectivity index (χ1) is 11.3. The molecule has 1 N–H and O–H groups in total. The van der Waals surface area contributed by atoms with Crippen LogP contribution in [0.5, 0.6) is 5.75 Å². The Hall–Kier alpha value is -2.77. The SMILES string of the molecule is N#Cc1ccc(OCCNc2ccnc3cc(Cl)ccc23)cc1. The molecule has 0 unspecified atom stereocenters. The number of nitriles is 1. The minimum atomic E-state index is 0.517. The van der Waals surface area contributed by atoms with Crippen LogP contribution in [0.25, 0.3) is 10.9 Å². The van der Waals surface area contributed by atoms with Gasteiger partial charge >= 0.3 is 0 Å². The summed E-state index contributed by atoms with van der Waals surface area (Å²) in [6.07, 6.45) is 1.75. The molecule has 3 aromatic rings. The van der Waals surface area contributed by atoms with Gasteiger partial charge in [-0.25, -0.2) is 0 Å². The third kappa shape index (κ3) is 3.71. The summed E-state index contributed by atoms with van der Waals surface area (Å²) in [7, 11) is 0. The number of nitrogens with zero attached hydrogens (tertiary/aromatic N) is 2. The number of benzene rings is 2. The summed E-state index contributed by atoms with van der Waals surface area (Å²) in [6, 6.07) is 16.7. The minimum Gasteiger partial charge on any atom is -0.492 e. The van der Waals surface area contributed by atoms with Crippen LogP contribution < -0.4 is 10.1 Å². The van der Waals surface area contributed by atoms with E-state index in [9.17, 15) is 0 Å². The maximum Gasteiger partial charge on any atom is 0.119 e. The molecule has 4 nitrogen and oxygen atoms in total. The predicted molar refractivity (Wildman–Crippen MR) is 91.9 cm³/mol. The molecule has 1 heterocycles. The van der Waals surface area contributed by atoms with E-state index in [4.69, 9.17) is 21.6 Å². The summed E-state index contributed by atoms with van der Waals surface area (Å²) in [5, 5.41) is 13.8. The van der Waals surface area contributed by atoms with E-state index >= 15 is 0 Å². The summed E-state index contributed by atoms with van der Waals surface area (Å²) in [4.78, 5) is 4.31. The van der Waals surface area contributed by atoms with Crippen molar-refractivity contribution < 1.29 is 4.74 Å². The first kappa shape index (κ1) is 15.1. The molecular formula is C18H14ClN3O. The standard InChI is InChI=1S/C18H14ClN3O/c19-14-3-6-16-17(7-8-21-18(16)11-14)22-9-10-23-15-4-1-13(12-20)2-5-15/h1-8,11H,9-10H2,(H,21,22). The van der Waals surface area contributed by atoms with Crippen molar-refractivity contribution in [1.29, 1.82) is 5.26 Å². The van der Waals surface area contributed by atoms with Gasteiger partial charge in [-0.3, -0.25) is 4.98 Å². The largest absolute Gasteiger partial charge is 0.492 e. The van der Waals surface area contributed by atoms with Gasteiger partial charge in [0.25, 0.3) is 0 Å². The van der Waals surface area contributed by atoms with Crippen LogP contribution in [0.2, 0.25) is 5.02 Å². The molecule has 5 heteroatoms. The molecule has 0 fully saturated rings. The zero-order valence-electron chi connectivity index (χ0n) is 12.3. The molecule has 0 atom stereocenters. The first-order valence-corrected chi connectivity index (χ1v) is 7.55. The average molecular weight is 324 g/mol. The van der Waals surface area contributed by atoms with Gasteiger partial charge in [-0.1, -0.05) is 11.6 Å². The van der Waals surface area contributed by atoms with Crippen molar-refractivity contribution in [2.45, 2.75) is 0 Å².